The van der Waals surface area contributed by atoms with E-state index in [-0.39, 0.29) is 29.8 Å². The van der Waals surface area contributed by atoms with Crippen molar-refractivity contribution in [1.29, 1.82) is 0 Å². The number of nitrogens with zero attached hydrogens (tertiary/aromatic N) is 3. The van der Waals surface area contributed by atoms with E-state index in [0.29, 0.717) is 34.7 Å². The number of pyridine rings is 1. The minimum absolute atomic E-state index is 0.0284. The van der Waals surface area contributed by atoms with Gasteiger partial charge >= 0.3 is 6.09 Å². The van der Waals surface area contributed by atoms with Crippen molar-refractivity contribution < 1.29 is 14.1 Å². The zero-order chi connectivity index (χ0) is 23.4. The molecule has 3 unspecified atom stereocenters. The molecule has 1 amide bonds. The highest BCUT2D eigenvalue weighted by atomic mass is 35.5. The smallest absolute Gasteiger partial charge is 0.410 e. The molecule has 0 spiro atoms. The number of rotatable bonds is 3. The molecule has 0 N–H and O–H groups in total. The Labute approximate surface area is 200 Å². The van der Waals surface area contributed by atoms with Crippen LogP contribution in [0.4, 0.5) is 4.79 Å². The Morgan fingerprint density at radius 3 is 2.62 bits per heavy atom. The third kappa shape index (κ3) is 3.21. The molecule has 2 aromatic carbocycles. The third-order valence-corrected chi connectivity index (χ3v) is 7.57. The van der Waals surface area contributed by atoms with Crippen LogP contribution >= 0.6 is 11.6 Å². The minimum atomic E-state index is -0.287. The lowest BCUT2D eigenvalue weighted by molar-refractivity contribution is 0.121. The van der Waals surface area contributed by atoms with Gasteiger partial charge in [-0.25, -0.2) is 4.79 Å². The van der Waals surface area contributed by atoms with E-state index in [1.54, 1.807) is 13.0 Å². The van der Waals surface area contributed by atoms with Crippen molar-refractivity contribution in [3.05, 3.63) is 75.2 Å². The van der Waals surface area contributed by atoms with Crippen molar-refractivity contribution in [2.45, 2.75) is 50.7 Å². The summed E-state index contributed by atoms with van der Waals surface area (Å²) < 4.78 is 12.7. The second-order valence-corrected chi connectivity index (χ2v) is 9.56. The van der Waals surface area contributed by atoms with Crippen LogP contribution in [0.1, 0.15) is 49.1 Å². The quantitative estimate of drug-likeness (QED) is 0.373. The summed E-state index contributed by atoms with van der Waals surface area (Å²) in [6, 6.07) is 15.3. The molecule has 1 saturated carbocycles. The molecule has 1 saturated heterocycles. The van der Waals surface area contributed by atoms with Crippen LogP contribution in [0.15, 0.2) is 57.8 Å². The van der Waals surface area contributed by atoms with E-state index < -0.39 is 0 Å². The topological polar surface area (TPSA) is 77.6 Å². The third-order valence-electron chi connectivity index (χ3n) is 7.26. The number of hydrogen-bond donors (Lipinski definition) is 0. The molecule has 34 heavy (non-hydrogen) atoms. The van der Waals surface area contributed by atoms with Gasteiger partial charge in [0.05, 0.1) is 16.6 Å². The predicted molar refractivity (Wildman–Crippen MR) is 129 cm³/mol. The highest BCUT2D eigenvalue weighted by Gasteiger charge is 2.41. The number of benzene rings is 2. The number of amides is 1. The normalized spacial score (nSPS) is 23.1. The summed E-state index contributed by atoms with van der Waals surface area (Å²) in [7, 11) is 0. The van der Waals surface area contributed by atoms with Crippen LogP contribution in [-0.2, 0) is 4.74 Å². The van der Waals surface area contributed by atoms with Crippen molar-refractivity contribution in [1.82, 2.24) is 14.6 Å². The van der Waals surface area contributed by atoms with Gasteiger partial charge in [-0.15, -0.1) is 0 Å². The van der Waals surface area contributed by atoms with E-state index in [4.69, 9.17) is 20.9 Å². The summed E-state index contributed by atoms with van der Waals surface area (Å²) >= 11 is 6.58. The van der Waals surface area contributed by atoms with Gasteiger partial charge in [0.2, 0.25) is 0 Å². The van der Waals surface area contributed by atoms with Gasteiger partial charge < -0.3 is 13.8 Å². The Bertz CT molecular complexity index is 1460. The highest BCUT2D eigenvalue weighted by molar-refractivity contribution is 6.37. The number of aromatic nitrogens is 2. The number of aryl methyl sites for hydroxylation is 1. The number of ether oxygens (including phenoxy) is 1. The standard InChI is InChI=1S/C26H24ClN3O4/c1-15-22-24(28-34-15)23-19(27)11-6-12-20(23)29(25(22)31)17-9-5-10-18(13-17)30-21(14-33-26(30)32)16-7-3-2-4-8-16/h2-4,6-8,11-12,17-18,21H,5,9-10,13-14H2,1H3. The molecule has 2 aromatic heterocycles. The first-order chi connectivity index (χ1) is 16.5. The van der Waals surface area contributed by atoms with Crippen LogP contribution < -0.4 is 5.56 Å². The zero-order valence-corrected chi connectivity index (χ0v) is 19.5. The molecule has 4 aromatic rings. The summed E-state index contributed by atoms with van der Waals surface area (Å²) in [5.41, 5.74) is 2.18. The van der Waals surface area contributed by atoms with Crippen LogP contribution in [-0.4, -0.2) is 33.4 Å². The Balaban J connectivity index is 1.44. The fraction of sp³-hybridized carbons (Fsp3) is 0.346. The van der Waals surface area contributed by atoms with Gasteiger partial charge in [0.25, 0.3) is 5.56 Å². The average Bonchev–Trinajstić information content (AvgIpc) is 3.43. The predicted octanol–water partition coefficient (Wildman–Crippen LogP) is 5.78. The molecule has 0 bridgehead atoms. The summed E-state index contributed by atoms with van der Waals surface area (Å²) in [5.74, 6) is 0.482. The Morgan fingerprint density at radius 1 is 1.00 bits per heavy atom. The molecule has 1 aliphatic heterocycles. The summed E-state index contributed by atoms with van der Waals surface area (Å²) in [6.45, 7) is 2.09. The molecule has 7 nitrogen and oxygen atoms in total. The van der Waals surface area contributed by atoms with Crippen molar-refractivity contribution in [3.63, 3.8) is 0 Å². The van der Waals surface area contributed by atoms with E-state index in [0.717, 1.165) is 35.7 Å². The summed E-state index contributed by atoms with van der Waals surface area (Å²) in [5, 5.41) is 5.86. The second kappa shape index (κ2) is 8.17. The first kappa shape index (κ1) is 21.2. The molecule has 2 aliphatic rings. The summed E-state index contributed by atoms with van der Waals surface area (Å²) in [4.78, 5) is 28.4. The molecule has 3 atom stereocenters. The molecule has 8 heteroatoms. The maximum Gasteiger partial charge on any atom is 0.410 e. The molecule has 3 heterocycles. The molecule has 2 fully saturated rings. The lowest BCUT2D eigenvalue weighted by Gasteiger charge is -2.37. The molecule has 174 valence electrons. The van der Waals surface area contributed by atoms with Crippen LogP contribution in [0.5, 0.6) is 0 Å². The van der Waals surface area contributed by atoms with Crippen molar-refractivity contribution in [3.8, 4) is 0 Å². The van der Waals surface area contributed by atoms with Crippen molar-refractivity contribution in [2.75, 3.05) is 6.61 Å². The van der Waals surface area contributed by atoms with Gasteiger partial charge in [0.1, 0.15) is 23.3 Å². The second-order valence-electron chi connectivity index (χ2n) is 9.16. The Morgan fingerprint density at radius 2 is 1.79 bits per heavy atom. The van der Waals surface area contributed by atoms with E-state index >= 15 is 0 Å². The van der Waals surface area contributed by atoms with Gasteiger partial charge in [0, 0.05) is 17.5 Å². The lowest BCUT2D eigenvalue weighted by atomic mass is 9.88. The number of carbonyl (C=O) groups excluding carboxylic acids is 1. The summed E-state index contributed by atoms with van der Waals surface area (Å²) in [6.07, 6.45) is 2.99. The number of hydrogen-bond acceptors (Lipinski definition) is 5. The first-order valence-electron chi connectivity index (χ1n) is 11.6. The van der Waals surface area contributed by atoms with E-state index in [1.165, 1.54) is 0 Å². The number of cyclic esters (lactones) is 1. The minimum Gasteiger partial charge on any atom is -0.447 e. The largest absolute Gasteiger partial charge is 0.447 e. The Hall–Kier alpha value is -3.32. The van der Waals surface area contributed by atoms with Crippen LogP contribution in [0.3, 0.4) is 0 Å². The van der Waals surface area contributed by atoms with Crippen LogP contribution in [0.25, 0.3) is 21.8 Å². The van der Waals surface area contributed by atoms with Crippen LogP contribution in [0, 0.1) is 6.92 Å². The van der Waals surface area contributed by atoms with Gasteiger partial charge in [-0.2, -0.15) is 0 Å². The van der Waals surface area contributed by atoms with Gasteiger partial charge in [-0.1, -0.05) is 53.2 Å². The Kier molecular flexibility index (Phi) is 5.10. The molecule has 6 rings (SSSR count). The number of halogens is 1. The number of carbonyl (C=O) groups is 1. The van der Waals surface area contributed by atoms with E-state index in [1.807, 2.05) is 51.9 Å². The maximum absolute atomic E-state index is 13.7. The van der Waals surface area contributed by atoms with Crippen LogP contribution in [0.2, 0.25) is 5.02 Å². The molecule has 1 aliphatic carbocycles. The van der Waals surface area contributed by atoms with Gasteiger partial charge in [-0.05, 0) is 50.3 Å². The van der Waals surface area contributed by atoms with Gasteiger partial charge in [-0.3, -0.25) is 9.69 Å². The number of fused-ring (bicyclic) bond motifs is 3. The molecule has 0 radical (unpaired) electrons. The fourth-order valence-corrected chi connectivity index (χ4v) is 5.99. The molecular formula is C26H24ClN3O4. The first-order valence-corrected chi connectivity index (χ1v) is 12.0. The fourth-order valence-electron chi connectivity index (χ4n) is 5.73. The van der Waals surface area contributed by atoms with E-state index in [2.05, 4.69) is 5.16 Å². The molecular weight excluding hydrogens is 454 g/mol. The zero-order valence-electron chi connectivity index (χ0n) is 18.7. The van der Waals surface area contributed by atoms with Crippen molar-refractivity contribution >= 4 is 39.5 Å². The highest BCUT2D eigenvalue weighted by Crippen LogP contribution is 2.40. The maximum atomic E-state index is 13.7. The van der Waals surface area contributed by atoms with Gasteiger partial charge in [0.15, 0.2) is 0 Å². The SMILES string of the molecule is Cc1onc2c1c(=O)n(C1CCCC(N3C(=O)OCC3c3ccccc3)C1)c1cccc(Cl)c21. The van der Waals surface area contributed by atoms with E-state index in [9.17, 15) is 9.59 Å². The monoisotopic (exact) mass is 477 g/mol. The van der Waals surface area contributed by atoms with Crippen molar-refractivity contribution in [2.24, 2.45) is 0 Å². The lowest BCUT2D eigenvalue weighted by Crippen LogP contribution is -2.42. The average molecular weight is 478 g/mol.